The van der Waals surface area contributed by atoms with E-state index in [2.05, 4.69) is 86.1 Å². The van der Waals surface area contributed by atoms with Crippen LogP contribution in [0.15, 0.2) is 263 Å². The number of hydrogen-bond acceptors (Lipinski definition) is 29. The van der Waals surface area contributed by atoms with Gasteiger partial charge in [0.05, 0.1) is 41.8 Å². The molecule has 1 aliphatic carbocycles. The fourth-order valence-corrected chi connectivity index (χ4v) is 18.4. The molecule has 41 nitrogen and oxygen atoms in total. The van der Waals surface area contributed by atoms with Crippen LogP contribution in [0.2, 0.25) is 0 Å². The molecule has 16 amide bonds. The lowest BCUT2D eigenvalue weighted by molar-refractivity contribution is -0.156. The third kappa shape index (κ3) is 24.2. The van der Waals surface area contributed by atoms with Crippen LogP contribution >= 0.6 is 0 Å². The predicted octanol–water partition coefficient (Wildman–Crippen LogP) is 9.63. The number of likely N-dealkylation sites (tertiary alicyclic amines) is 4. The first-order chi connectivity index (χ1) is 69.6. The topological polar surface area (TPSA) is 551 Å². The minimum absolute atomic E-state index is 0.0355. The van der Waals surface area contributed by atoms with Crippen LogP contribution in [-0.4, -0.2) is 214 Å². The molecule has 0 bridgehead atoms. The average molecular weight is 1950 g/mol. The van der Waals surface area contributed by atoms with Crippen LogP contribution in [0.25, 0.3) is 0 Å². The Bertz CT molecular complexity index is 6260. The second kappa shape index (κ2) is 48.0. The molecule has 12 N–H and O–H groups in total. The summed E-state index contributed by atoms with van der Waals surface area (Å²) in [5, 5.41) is 11.8. The second-order valence-corrected chi connectivity index (χ2v) is 35.1. The maximum Gasteiger partial charge on any atom is 0.325 e. The molecule has 0 radical (unpaired) electrons. The van der Waals surface area contributed by atoms with Gasteiger partial charge in [0.1, 0.15) is 72.7 Å². The fourth-order valence-electron chi connectivity index (χ4n) is 18.4. The molecule has 144 heavy (non-hydrogen) atoms. The quantitative estimate of drug-likeness (QED) is 0.0211. The zero-order valence-corrected chi connectivity index (χ0v) is 80.4. The number of anilines is 8. The summed E-state index contributed by atoms with van der Waals surface area (Å²) in [6.07, 6.45) is 26.1. The number of nitrogens with two attached hydrogens (primary N) is 4. The van der Waals surface area contributed by atoms with Crippen LogP contribution in [0.5, 0.6) is 0 Å². The van der Waals surface area contributed by atoms with Crippen molar-refractivity contribution >= 4 is 118 Å². The van der Waals surface area contributed by atoms with Crippen molar-refractivity contribution in [2.24, 2.45) is 29.6 Å². The van der Waals surface area contributed by atoms with Crippen molar-refractivity contribution in [3.63, 3.8) is 0 Å². The largest absolute Gasteiger partial charge is 0.384 e. The normalized spacial score (nSPS) is 18.3. The van der Waals surface area contributed by atoms with E-state index in [1.165, 1.54) is 91.1 Å². The lowest BCUT2D eigenvalue weighted by Gasteiger charge is -2.46. The standard InChI is InChI=1S/C30H28N6O3.C25H27N7O3.C24H32N8O3.C24H26N8O3/c1-35(23-13-15-32-16-14-23)29(38)27-24(18-20-12-17-33-25(31)19-20)28(37)36(27)30(39)34-26(21-8-4-2-5-9-21)22-10-6-3-7-11-22;1-3-19(17-8-5-4-6-9-17)30-25(35)32-21(23(34)31(2)24-28-11-7-12-29-24)18(22(32)33)14-16-10-13-27-20(26)15-16;2*1-3-18(16-7-5-4-6-8-16)30-24(35)32-20(22(34)31(2)23-28-13-26-14-29-23)17(21(32)33)11-15-9-10-27-19(25)12-15/h2-17,19,24,26-27H,18H2,1H3,(H2,31,33)(H,34,39);4-13,15,18-19,21H,3,14H2,1-2H3,(H2,26,27)(H,30,35);9-10,12-14,16-18,20H,3-8,11H2,1-2H3,(H2,25,27)(H,30,35);4-10,12-14,17-18,20H,3,11H2,1-2H3,(H2,25,27)(H,30,35)/t24-,27+;18-,19-,21+;2*17-,18-,20+/m1111/s1. The molecule has 0 unspecified atom stereocenters. The Kier molecular flexibility index (Phi) is 34.1. The summed E-state index contributed by atoms with van der Waals surface area (Å²) in [4.78, 5) is 222. The third-order valence-electron chi connectivity index (χ3n) is 26.0. The molecule has 12 heterocycles. The maximum atomic E-state index is 13.8. The molecule has 11 atom stereocenters. The first kappa shape index (κ1) is 102. The first-order valence-electron chi connectivity index (χ1n) is 47.2. The van der Waals surface area contributed by atoms with Gasteiger partial charge in [-0.05, 0) is 175 Å². The van der Waals surface area contributed by atoms with Gasteiger partial charge in [-0.25, -0.2) is 79.0 Å². The van der Waals surface area contributed by atoms with Gasteiger partial charge in [-0.3, -0.25) is 77.6 Å². The van der Waals surface area contributed by atoms with Gasteiger partial charge in [0.15, 0.2) is 0 Å². The van der Waals surface area contributed by atoms with Crippen LogP contribution in [-0.2, 0) is 64.0 Å². The lowest BCUT2D eigenvalue weighted by atomic mass is 9.81. The van der Waals surface area contributed by atoms with Crippen LogP contribution in [0.4, 0.5) is 66.0 Å². The summed E-state index contributed by atoms with van der Waals surface area (Å²) < 4.78 is 0. The summed E-state index contributed by atoms with van der Waals surface area (Å²) in [5.41, 5.74) is 30.4. The molecular formula is C103H113N29O12. The van der Waals surface area contributed by atoms with Crippen LogP contribution in [0.1, 0.15) is 135 Å². The van der Waals surface area contributed by atoms with Crippen molar-refractivity contribution in [1.29, 1.82) is 0 Å². The number of amides is 16. The number of rotatable bonds is 28. The van der Waals surface area contributed by atoms with Crippen molar-refractivity contribution in [2.45, 2.75) is 146 Å². The lowest BCUT2D eigenvalue weighted by Crippen LogP contribution is -2.71. The molecule has 1 saturated carbocycles. The number of pyridine rings is 5. The summed E-state index contributed by atoms with van der Waals surface area (Å²) in [7, 11) is 6.16. The predicted molar refractivity (Wildman–Crippen MR) is 534 cm³/mol. The van der Waals surface area contributed by atoms with Crippen molar-refractivity contribution in [2.75, 3.05) is 70.7 Å². The Morgan fingerprint density at radius 3 is 0.938 bits per heavy atom. The maximum absolute atomic E-state index is 13.8. The molecule has 12 aromatic rings. The number of aromatic nitrogens is 13. The number of carbonyl (C=O) groups is 12. The van der Waals surface area contributed by atoms with E-state index < -0.39 is 119 Å². The van der Waals surface area contributed by atoms with Gasteiger partial charge in [0.25, 0.3) is 23.6 Å². The van der Waals surface area contributed by atoms with Crippen LogP contribution < -0.4 is 63.8 Å². The van der Waals surface area contributed by atoms with E-state index >= 15 is 0 Å². The Labute approximate surface area is 831 Å². The van der Waals surface area contributed by atoms with Crippen molar-refractivity contribution < 1.29 is 57.5 Å². The number of nitrogen functional groups attached to an aromatic ring is 4. The van der Waals surface area contributed by atoms with Gasteiger partial charge in [-0.15, -0.1) is 0 Å². The van der Waals surface area contributed by atoms with Gasteiger partial charge < -0.3 is 49.1 Å². The van der Waals surface area contributed by atoms with Crippen molar-refractivity contribution in [3.05, 3.63) is 307 Å². The SMILES string of the molecule is CC[C@@H](NC(=O)N1C(=O)[C@H](Cc2ccnc(N)c2)[C@H]1C(=O)N(C)c1ncccn1)c1ccccc1.CC[C@@H](NC(=O)N1C(=O)[C@H](Cc2ccnc(N)c2)[C@H]1C(=O)N(C)c1ncncn1)C1CCCCC1.CC[C@@H](NC(=O)N1C(=O)[C@H](Cc2ccnc(N)c2)[C@H]1C(=O)N(C)c1ncncn1)c1ccccc1.CN(C(=O)[C@@H]1[C@@H](Cc2ccnc(N)c2)C(=O)N1C(=O)NC(c1ccccc1)c1ccccc1)c1ccncc1. The van der Waals surface area contributed by atoms with E-state index in [4.69, 9.17) is 22.9 Å². The number of nitrogens with one attached hydrogen (secondary N) is 4. The zero-order chi connectivity index (χ0) is 102. The molecule has 8 aromatic heterocycles. The highest BCUT2D eigenvalue weighted by atomic mass is 16.2. The number of imide groups is 4. The number of carbonyl (C=O) groups excluding carboxylic acids is 12. The van der Waals surface area contributed by atoms with Crippen LogP contribution in [0, 0.1) is 29.6 Å². The molecule has 5 aliphatic rings. The van der Waals surface area contributed by atoms with Gasteiger partial charge >= 0.3 is 24.1 Å². The number of nitrogens with zero attached hydrogens (tertiary/aromatic N) is 21. The molecule has 4 aromatic carbocycles. The van der Waals surface area contributed by atoms with Crippen LogP contribution in [0.3, 0.4) is 0 Å². The summed E-state index contributed by atoms with van der Waals surface area (Å²) in [5.74, 6) is -4.29. The number of urea groups is 4. The van der Waals surface area contributed by atoms with E-state index in [1.807, 2.05) is 142 Å². The molecule has 41 heteroatoms. The molecule has 4 aliphatic heterocycles. The highest BCUT2D eigenvalue weighted by Crippen LogP contribution is 2.40. The fraction of sp³-hybridized carbons (Fsp3) is 0.311. The molecule has 742 valence electrons. The van der Waals surface area contributed by atoms with E-state index in [-0.39, 0.29) is 67.6 Å². The minimum Gasteiger partial charge on any atom is -0.384 e. The van der Waals surface area contributed by atoms with E-state index in [1.54, 1.807) is 105 Å². The third-order valence-corrected chi connectivity index (χ3v) is 26.0. The van der Waals surface area contributed by atoms with Gasteiger partial charge in [-0.1, -0.05) is 161 Å². The van der Waals surface area contributed by atoms with Crippen molar-refractivity contribution in [1.82, 2.24) is 106 Å². The molecule has 0 spiro atoms. The number of hydrogen-bond donors (Lipinski definition) is 8. The molecule has 5 fully saturated rings. The van der Waals surface area contributed by atoms with E-state index in [9.17, 15) is 57.5 Å². The smallest absolute Gasteiger partial charge is 0.325 e. The Morgan fingerprint density at radius 1 is 0.326 bits per heavy atom. The molecule has 4 saturated heterocycles. The van der Waals surface area contributed by atoms with Crippen molar-refractivity contribution in [3.8, 4) is 0 Å². The average Bonchev–Trinajstić information content (AvgIpc) is 0.560. The monoisotopic (exact) mass is 1950 g/mol. The molecule has 17 rings (SSSR count). The summed E-state index contributed by atoms with van der Waals surface area (Å²) >= 11 is 0. The zero-order valence-electron chi connectivity index (χ0n) is 80.4. The minimum atomic E-state index is -1.04. The summed E-state index contributed by atoms with van der Waals surface area (Å²) in [6, 6.07) is 49.0. The highest BCUT2D eigenvalue weighted by Gasteiger charge is 2.60. The highest BCUT2D eigenvalue weighted by molar-refractivity contribution is 6.15. The number of likely N-dealkylation sites (N-methyl/N-ethyl adjacent to an activating group) is 4. The molecular weight excluding hydrogens is 1840 g/mol. The number of benzene rings is 4. The Morgan fingerprint density at radius 2 is 0.625 bits per heavy atom. The van der Waals surface area contributed by atoms with Gasteiger partial charge in [-0.2, -0.15) is 0 Å². The summed E-state index contributed by atoms with van der Waals surface area (Å²) in [6.45, 7) is 5.91. The van der Waals surface area contributed by atoms with Gasteiger partial charge in [0, 0.05) is 89.5 Å². The number of β-lactam (4-membered cyclic amide) rings is 4. The van der Waals surface area contributed by atoms with Gasteiger partial charge in [0.2, 0.25) is 41.5 Å². The van der Waals surface area contributed by atoms with E-state index in [0.29, 0.717) is 47.7 Å². The Balaban J connectivity index is 0.000000152. The Hall–Kier alpha value is -17.4. The second-order valence-electron chi connectivity index (χ2n) is 35.1. The van der Waals surface area contributed by atoms with E-state index in [0.717, 1.165) is 96.2 Å². The first-order valence-corrected chi connectivity index (χ1v) is 47.2.